The van der Waals surface area contributed by atoms with Crippen LogP contribution < -0.4 is 10.1 Å². The smallest absolute Gasteiger partial charge is 0.228 e. The van der Waals surface area contributed by atoms with E-state index in [0.717, 1.165) is 17.9 Å². The van der Waals surface area contributed by atoms with Crippen molar-refractivity contribution in [1.29, 1.82) is 0 Å². The van der Waals surface area contributed by atoms with Gasteiger partial charge in [-0.2, -0.15) is 0 Å². The lowest BCUT2D eigenvalue weighted by Gasteiger charge is -2.16. The Kier molecular flexibility index (Phi) is 5.40. The zero-order chi connectivity index (χ0) is 17.8. The van der Waals surface area contributed by atoms with E-state index >= 15 is 0 Å². The molecule has 3 rings (SSSR count). The van der Waals surface area contributed by atoms with E-state index in [9.17, 15) is 9.90 Å². The first kappa shape index (κ1) is 17.5. The van der Waals surface area contributed by atoms with Crippen molar-refractivity contribution in [2.45, 2.75) is 18.4 Å². The molecule has 1 amide bonds. The highest BCUT2D eigenvalue weighted by molar-refractivity contribution is 5.95. The molecule has 6 nitrogen and oxygen atoms in total. The Balaban J connectivity index is 1.45. The lowest BCUT2D eigenvalue weighted by Crippen LogP contribution is -2.30. The number of aliphatic hydroxyl groups excluding tert-OH is 1. The summed E-state index contributed by atoms with van der Waals surface area (Å²) in [6, 6.07) is 10.9. The predicted molar refractivity (Wildman–Crippen MR) is 94.7 cm³/mol. The quantitative estimate of drug-likeness (QED) is 0.769. The van der Waals surface area contributed by atoms with Gasteiger partial charge in [0, 0.05) is 24.1 Å². The molecule has 0 radical (unpaired) electrons. The lowest BCUT2D eigenvalue weighted by molar-refractivity contribution is -0.117. The van der Waals surface area contributed by atoms with Crippen LogP contribution in [0.3, 0.4) is 0 Å². The van der Waals surface area contributed by atoms with E-state index < -0.39 is 6.10 Å². The predicted octanol–water partition coefficient (Wildman–Crippen LogP) is 2.32. The third kappa shape index (κ3) is 4.84. The van der Waals surface area contributed by atoms with Crippen molar-refractivity contribution >= 4 is 11.6 Å². The molecule has 1 aromatic heterocycles. The molecule has 0 aliphatic heterocycles. The molecule has 1 heterocycles. The summed E-state index contributed by atoms with van der Waals surface area (Å²) in [5.74, 6) is 1.71. The minimum atomic E-state index is -0.539. The number of likely N-dealkylation sites (N-methyl/N-ethyl adjacent to an activating group) is 1. The van der Waals surface area contributed by atoms with Crippen molar-refractivity contribution in [2.75, 3.05) is 32.6 Å². The van der Waals surface area contributed by atoms with Gasteiger partial charge in [0.25, 0.3) is 0 Å². The second-order valence-electron chi connectivity index (χ2n) is 6.70. The van der Waals surface area contributed by atoms with Gasteiger partial charge in [0.1, 0.15) is 24.2 Å². The summed E-state index contributed by atoms with van der Waals surface area (Å²) in [7, 11) is 3.80. The number of hydrogen-bond acceptors (Lipinski definition) is 5. The number of nitrogens with zero attached hydrogens (tertiary/aromatic N) is 1. The van der Waals surface area contributed by atoms with Crippen LogP contribution in [0.25, 0.3) is 0 Å². The molecule has 0 saturated heterocycles. The van der Waals surface area contributed by atoms with Gasteiger partial charge < -0.3 is 24.5 Å². The lowest BCUT2D eigenvalue weighted by atomic mass is 10.2. The molecule has 0 bridgehead atoms. The highest BCUT2D eigenvalue weighted by Gasteiger charge is 2.45. The molecular formula is C19H24N2O4. The van der Waals surface area contributed by atoms with E-state index in [1.807, 2.05) is 31.1 Å². The molecule has 134 valence electrons. The number of amides is 1. The summed E-state index contributed by atoms with van der Waals surface area (Å²) in [4.78, 5) is 14.2. The molecule has 1 aromatic carbocycles. The molecule has 6 heteroatoms. The van der Waals surface area contributed by atoms with Gasteiger partial charge in [0.2, 0.25) is 5.91 Å². The second-order valence-corrected chi connectivity index (χ2v) is 6.70. The van der Waals surface area contributed by atoms with Crippen LogP contribution in [-0.2, 0) is 4.79 Å². The molecule has 25 heavy (non-hydrogen) atoms. The highest BCUT2D eigenvalue weighted by atomic mass is 16.5. The number of furan rings is 1. The van der Waals surface area contributed by atoms with E-state index in [-0.39, 0.29) is 24.3 Å². The summed E-state index contributed by atoms with van der Waals surface area (Å²) < 4.78 is 10.9. The average Bonchev–Trinajstić information content (AvgIpc) is 3.19. The number of carbonyl (C=O) groups excluding carboxylic acids is 1. The minimum Gasteiger partial charge on any atom is -0.491 e. The maximum atomic E-state index is 12.3. The topological polar surface area (TPSA) is 74.9 Å². The first-order valence-electron chi connectivity index (χ1n) is 8.43. The molecule has 0 spiro atoms. The number of benzene rings is 1. The summed E-state index contributed by atoms with van der Waals surface area (Å²) >= 11 is 0. The number of anilines is 1. The van der Waals surface area contributed by atoms with Gasteiger partial charge in [-0.25, -0.2) is 0 Å². The Bertz CT molecular complexity index is 682. The number of hydrogen-bond donors (Lipinski definition) is 2. The van der Waals surface area contributed by atoms with Gasteiger partial charge in [-0.1, -0.05) is 0 Å². The number of ether oxygens (including phenoxy) is 1. The number of rotatable bonds is 8. The summed E-state index contributed by atoms with van der Waals surface area (Å²) in [5, 5.41) is 12.7. The van der Waals surface area contributed by atoms with Crippen molar-refractivity contribution < 1.29 is 19.1 Å². The fraction of sp³-hybridized carbons (Fsp3) is 0.421. The molecule has 2 N–H and O–H groups in total. The number of carbonyl (C=O) groups is 1. The van der Waals surface area contributed by atoms with Crippen LogP contribution in [0.2, 0.25) is 0 Å². The van der Waals surface area contributed by atoms with Crippen LogP contribution in [0.1, 0.15) is 18.1 Å². The zero-order valence-corrected chi connectivity index (χ0v) is 14.5. The molecular weight excluding hydrogens is 320 g/mol. The third-order valence-corrected chi connectivity index (χ3v) is 4.18. The van der Waals surface area contributed by atoms with Gasteiger partial charge in [0.05, 0.1) is 6.26 Å². The van der Waals surface area contributed by atoms with Gasteiger partial charge >= 0.3 is 0 Å². The maximum absolute atomic E-state index is 12.3. The van der Waals surface area contributed by atoms with Crippen LogP contribution in [0, 0.1) is 5.92 Å². The van der Waals surface area contributed by atoms with E-state index in [1.165, 1.54) is 0 Å². The van der Waals surface area contributed by atoms with Gasteiger partial charge in [-0.15, -0.1) is 0 Å². The zero-order valence-electron chi connectivity index (χ0n) is 14.5. The van der Waals surface area contributed by atoms with E-state index in [0.29, 0.717) is 12.3 Å². The largest absolute Gasteiger partial charge is 0.491 e. The molecule has 3 atom stereocenters. The fourth-order valence-electron chi connectivity index (χ4n) is 2.84. The summed E-state index contributed by atoms with van der Waals surface area (Å²) in [6.07, 6.45) is 1.92. The molecule has 1 saturated carbocycles. The van der Waals surface area contributed by atoms with Crippen LogP contribution >= 0.6 is 0 Å². The number of nitrogens with one attached hydrogen (secondary N) is 1. The molecule has 1 aliphatic carbocycles. The Labute approximate surface area is 147 Å². The molecule has 2 aromatic rings. The fourth-order valence-corrected chi connectivity index (χ4v) is 2.84. The summed E-state index contributed by atoms with van der Waals surface area (Å²) in [5.41, 5.74) is 0.733. The standard InChI is InChI=1S/C19H24N2O4/c1-21(2)11-14(22)12-25-15-7-5-13(6-8-15)20-19(23)17-10-16(17)18-4-3-9-24-18/h3-9,14,16-17,22H,10-12H2,1-2H3,(H,20,23). The Morgan fingerprint density at radius 3 is 2.76 bits per heavy atom. The van der Waals surface area contributed by atoms with Crippen molar-refractivity contribution in [2.24, 2.45) is 5.92 Å². The van der Waals surface area contributed by atoms with Gasteiger partial charge in [0.15, 0.2) is 0 Å². The number of aliphatic hydroxyl groups is 1. The first-order chi connectivity index (χ1) is 12.0. The Morgan fingerprint density at radius 1 is 1.36 bits per heavy atom. The van der Waals surface area contributed by atoms with Crippen LogP contribution in [-0.4, -0.2) is 49.3 Å². The summed E-state index contributed by atoms with van der Waals surface area (Å²) in [6.45, 7) is 0.781. The Morgan fingerprint density at radius 2 is 2.12 bits per heavy atom. The second kappa shape index (κ2) is 7.72. The van der Waals surface area contributed by atoms with Crippen LogP contribution in [0.5, 0.6) is 5.75 Å². The molecule has 3 unspecified atom stereocenters. The molecule has 1 fully saturated rings. The van der Waals surface area contributed by atoms with Crippen LogP contribution in [0.15, 0.2) is 47.1 Å². The minimum absolute atomic E-state index is 0.0106. The first-order valence-corrected chi connectivity index (χ1v) is 8.43. The van der Waals surface area contributed by atoms with Gasteiger partial charge in [-0.05, 0) is 56.9 Å². The SMILES string of the molecule is CN(C)CC(O)COc1ccc(NC(=O)C2CC2c2ccco2)cc1. The third-order valence-electron chi connectivity index (χ3n) is 4.18. The van der Waals surface area contributed by atoms with Crippen molar-refractivity contribution in [3.05, 3.63) is 48.4 Å². The highest BCUT2D eigenvalue weighted by Crippen LogP contribution is 2.48. The maximum Gasteiger partial charge on any atom is 0.228 e. The monoisotopic (exact) mass is 344 g/mol. The van der Waals surface area contributed by atoms with Gasteiger partial charge in [-0.3, -0.25) is 4.79 Å². The Hall–Kier alpha value is -2.31. The van der Waals surface area contributed by atoms with Crippen molar-refractivity contribution in [1.82, 2.24) is 4.90 Å². The van der Waals surface area contributed by atoms with E-state index in [4.69, 9.17) is 9.15 Å². The van der Waals surface area contributed by atoms with E-state index in [1.54, 1.807) is 30.5 Å². The normalized spacial score (nSPS) is 20.3. The van der Waals surface area contributed by atoms with Crippen molar-refractivity contribution in [3.63, 3.8) is 0 Å². The molecule has 1 aliphatic rings. The average molecular weight is 344 g/mol. The van der Waals surface area contributed by atoms with Crippen molar-refractivity contribution in [3.8, 4) is 5.75 Å². The van der Waals surface area contributed by atoms with Crippen LogP contribution in [0.4, 0.5) is 5.69 Å². The van der Waals surface area contributed by atoms with E-state index in [2.05, 4.69) is 5.32 Å².